The molecular weight excluding hydrogens is 348 g/mol. The van der Waals surface area contributed by atoms with Gasteiger partial charge in [-0.15, -0.1) is 0 Å². The van der Waals surface area contributed by atoms with E-state index in [1.807, 2.05) is 12.5 Å². The minimum atomic E-state index is 0.463. The average molecular weight is 381 g/mol. The highest BCUT2D eigenvalue weighted by molar-refractivity contribution is 7.99. The molecule has 0 amide bonds. The lowest BCUT2D eigenvalue weighted by Crippen LogP contribution is -2.06. The molecule has 0 fully saturated rings. The van der Waals surface area contributed by atoms with Gasteiger partial charge >= 0.3 is 0 Å². The van der Waals surface area contributed by atoms with Gasteiger partial charge in [-0.05, 0) is 28.5 Å². The zero-order valence-electron chi connectivity index (χ0n) is 16.5. The normalized spacial score (nSPS) is 12.5. The molecule has 2 nitrogen and oxygen atoms in total. The molecule has 0 radical (unpaired) electrons. The number of aromatic nitrogens is 2. The van der Waals surface area contributed by atoms with Crippen molar-refractivity contribution in [3.05, 3.63) is 66.7 Å². The van der Waals surface area contributed by atoms with E-state index in [-0.39, 0.29) is 0 Å². The number of imidazole rings is 1. The van der Waals surface area contributed by atoms with Gasteiger partial charge in [0.15, 0.2) is 0 Å². The summed E-state index contributed by atoms with van der Waals surface area (Å²) in [6.07, 6.45) is 15.5. The number of thioether (sulfide) groups is 1. The summed E-state index contributed by atoms with van der Waals surface area (Å²) in [7, 11) is 0. The molecule has 0 aliphatic heterocycles. The molecule has 0 spiro atoms. The van der Waals surface area contributed by atoms with E-state index in [0.717, 1.165) is 6.54 Å². The molecule has 144 valence electrons. The van der Waals surface area contributed by atoms with E-state index in [4.69, 9.17) is 0 Å². The minimum Gasteiger partial charge on any atom is -0.336 e. The monoisotopic (exact) mass is 380 g/mol. The van der Waals surface area contributed by atoms with Crippen LogP contribution in [0, 0.1) is 0 Å². The molecule has 1 heterocycles. The van der Waals surface area contributed by atoms with Gasteiger partial charge < -0.3 is 4.57 Å². The van der Waals surface area contributed by atoms with Crippen molar-refractivity contribution in [1.29, 1.82) is 0 Å². The molecule has 3 aromatic rings. The van der Waals surface area contributed by atoms with Gasteiger partial charge in [0, 0.05) is 24.2 Å². The Kier molecular flexibility index (Phi) is 8.29. The number of hydrogen-bond acceptors (Lipinski definition) is 2. The van der Waals surface area contributed by atoms with Gasteiger partial charge in [0.2, 0.25) is 0 Å². The van der Waals surface area contributed by atoms with Crippen molar-refractivity contribution >= 4 is 22.5 Å². The largest absolute Gasteiger partial charge is 0.336 e. The molecule has 0 saturated carbocycles. The van der Waals surface area contributed by atoms with Crippen molar-refractivity contribution in [2.75, 3.05) is 5.75 Å². The van der Waals surface area contributed by atoms with Gasteiger partial charge in [0.25, 0.3) is 0 Å². The van der Waals surface area contributed by atoms with Gasteiger partial charge in [-0.25, -0.2) is 4.98 Å². The molecule has 2 aromatic carbocycles. The Labute approximate surface area is 168 Å². The van der Waals surface area contributed by atoms with Gasteiger partial charge in [0.1, 0.15) is 0 Å². The Morgan fingerprint density at radius 3 is 2.52 bits per heavy atom. The summed E-state index contributed by atoms with van der Waals surface area (Å²) in [6.45, 7) is 3.26. The average Bonchev–Trinajstić information content (AvgIpc) is 3.22. The van der Waals surface area contributed by atoms with Crippen LogP contribution in [0.5, 0.6) is 0 Å². The molecule has 1 unspecified atom stereocenters. The highest BCUT2D eigenvalue weighted by atomic mass is 32.2. The topological polar surface area (TPSA) is 17.8 Å². The number of unbranched alkanes of at least 4 members (excludes halogenated alkanes) is 6. The number of fused-ring (bicyclic) bond motifs is 1. The van der Waals surface area contributed by atoms with Crippen LogP contribution in [-0.2, 0) is 6.54 Å². The van der Waals surface area contributed by atoms with E-state index in [2.05, 4.69) is 76.9 Å². The number of rotatable bonds is 12. The van der Waals surface area contributed by atoms with Crippen molar-refractivity contribution in [2.45, 2.75) is 63.7 Å². The summed E-state index contributed by atoms with van der Waals surface area (Å²) < 4.78 is 2.21. The summed E-state index contributed by atoms with van der Waals surface area (Å²) in [6, 6.07) is 15.5. The van der Waals surface area contributed by atoms with Gasteiger partial charge in [0.05, 0.1) is 6.33 Å². The first-order valence-corrected chi connectivity index (χ1v) is 11.5. The molecule has 1 atom stereocenters. The predicted molar refractivity (Wildman–Crippen MR) is 119 cm³/mol. The van der Waals surface area contributed by atoms with Crippen LogP contribution in [0.4, 0.5) is 0 Å². The van der Waals surface area contributed by atoms with Gasteiger partial charge in [-0.3, -0.25) is 0 Å². The zero-order chi connectivity index (χ0) is 18.7. The van der Waals surface area contributed by atoms with Crippen LogP contribution >= 0.6 is 11.8 Å². The Morgan fingerprint density at radius 2 is 1.70 bits per heavy atom. The molecule has 0 bridgehead atoms. The second-order valence-electron chi connectivity index (χ2n) is 7.31. The van der Waals surface area contributed by atoms with Crippen molar-refractivity contribution in [1.82, 2.24) is 9.55 Å². The number of nitrogens with zero attached hydrogens (tertiary/aromatic N) is 2. The Morgan fingerprint density at radius 1 is 0.926 bits per heavy atom. The lowest BCUT2D eigenvalue weighted by Gasteiger charge is -2.20. The maximum absolute atomic E-state index is 4.23. The molecular formula is C24H32N2S. The van der Waals surface area contributed by atoms with E-state index in [1.54, 1.807) is 0 Å². The van der Waals surface area contributed by atoms with Crippen molar-refractivity contribution in [3.63, 3.8) is 0 Å². The molecule has 27 heavy (non-hydrogen) atoms. The maximum atomic E-state index is 4.23. The fraction of sp³-hybridized carbons (Fsp3) is 0.458. The SMILES string of the molecule is CCCCCCCCCSC(Cn1ccnc1)c1cccc2ccccc12. The molecule has 0 aliphatic carbocycles. The Bertz CT molecular complexity index is 777. The highest BCUT2D eigenvalue weighted by Crippen LogP contribution is 2.35. The summed E-state index contributed by atoms with van der Waals surface area (Å²) in [5.41, 5.74) is 1.45. The Hall–Kier alpha value is -1.74. The van der Waals surface area contributed by atoms with E-state index in [1.165, 1.54) is 67.0 Å². The second kappa shape index (κ2) is 11.2. The summed E-state index contributed by atoms with van der Waals surface area (Å²) in [4.78, 5) is 4.23. The standard InChI is InChI=1S/C24H32N2S/c1-2-3-4-5-6-7-10-18-27-24(19-26-17-16-25-20-26)23-15-11-13-21-12-8-9-14-22(21)23/h8-9,11-17,20,24H,2-7,10,18-19H2,1H3. The first-order valence-electron chi connectivity index (χ1n) is 10.4. The summed E-state index contributed by atoms with van der Waals surface area (Å²) in [5, 5.41) is 3.18. The molecule has 3 heteroatoms. The summed E-state index contributed by atoms with van der Waals surface area (Å²) in [5.74, 6) is 1.23. The van der Waals surface area contributed by atoms with E-state index in [0.29, 0.717) is 5.25 Å². The van der Waals surface area contributed by atoms with E-state index >= 15 is 0 Å². The molecule has 0 saturated heterocycles. The third-order valence-corrected chi connectivity index (χ3v) is 6.50. The smallest absolute Gasteiger partial charge is 0.0946 e. The van der Waals surface area contributed by atoms with Crippen LogP contribution in [0.25, 0.3) is 10.8 Å². The quantitative estimate of drug-likeness (QED) is 0.308. The first kappa shape index (κ1) is 20.0. The molecule has 3 rings (SSSR count). The number of benzene rings is 2. The fourth-order valence-electron chi connectivity index (χ4n) is 3.64. The molecule has 0 N–H and O–H groups in total. The zero-order valence-corrected chi connectivity index (χ0v) is 17.3. The second-order valence-corrected chi connectivity index (χ2v) is 8.62. The van der Waals surface area contributed by atoms with Crippen molar-refractivity contribution in [3.8, 4) is 0 Å². The minimum absolute atomic E-state index is 0.463. The third-order valence-electron chi connectivity index (χ3n) is 5.17. The van der Waals surface area contributed by atoms with Crippen LogP contribution in [0.15, 0.2) is 61.2 Å². The molecule has 0 aliphatic rings. The van der Waals surface area contributed by atoms with Crippen molar-refractivity contribution in [2.24, 2.45) is 0 Å². The lowest BCUT2D eigenvalue weighted by molar-refractivity contribution is 0.603. The molecule has 1 aromatic heterocycles. The first-order chi connectivity index (χ1) is 13.4. The van der Waals surface area contributed by atoms with E-state index in [9.17, 15) is 0 Å². The van der Waals surface area contributed by atoms with Crippen molar-refractivity contribution < 1.29 is 0 Å². The third kappa shape index (κ3) is 6.14. The van der Waals surface area contributed by atoms with Crippen LogP contribution < -0.4 is 0 Å². The van der Waals surface area contributed by atoms with Crippen LogP contribution in [-0.4, -0.2) is 15.3 Å². The predicted octanol–water partition coefficient (Wildman–Crippen LogP) is 7.26. The van der Waals surface area contributed by atoms with Gasteiger partial charge in [-0.1, -0.05) is 87.9 Å². The lowest BCUT2D eigenvalue weighted by atomic mass is 10.0. The van der Waals surface area contributed by atoms with Crippen LogP contribution in [0.1, 0.15) is 62.7 Å². The number of hydrogen-bond donors (Lipinski definition) is 0. The fourth-order valence-corrected chi connectivity index (χ4v) is 4.96. The highest BCUT2D eigenvalue weighted by Gasteiger charge is 2.15. The van der Waals surface area contributed by atoms with Gasteiger partial charge in [-0.2, -0.15) is 11.8 Å². The van der Waals surface area contributed by atoms with Crippen LogP contribution in [0.2, 0.25) is 0 Å². The van der Waals surface area contributed by atoms with Crippen LogP contribution in [0.3, 0.4) is 0 Å². The van der Waals surface area contributed by atoms with E-state index < -0.39 is 0 Å². The summed E-state index contributed by atoms with van der Waals surface area (Å²) >= 11 is 2.11. The Balaban J connectivity index is 1.61. The maximum Gasteiger partial charge on any atom is 0.0946 e.